The number of rotatable bonds is 3. The Bertz CT molecular complexity index is 383. The van der Waals surface area contributed by atoms with Crippen molar-refractivity contribution in [3.63, 3.8) is 0 Å². The van der Waals surface area contributed by atoms with Crippen molar-refractivity contribution in [2.45, 2.75) is 0 Å². The average Bonchev–Trinajstić information content (AvgIpc) is 2.17. The summed E-state index contributed by atoms with van der Waals surface area (Å²) in [4.78, 5) is 11.0. The van der Waals surface area contributed by atoms with Gasteiger partial charge in [-0.3, -0.25) is 4.79 Å². The largest absolute Gasteiger partial charge is 0.325 e. The van der Waals surface area contributed by atoms with Crippen LogP contribution < -0.4 is 5.32 Å². The highest BCUT2D eigenvalue weighted by molar-refractivity contribution is 6.37. The van der Waals surface area contributed by atoms with E-state index in [1.54, 1.807) is 18.2 Å². The fourth-order valence-corrected chi connectivity index (χ4v) is 1.74. The van der Waals surface area contributed by atoms with Gasteiger partial charge in [0, 0.05) is 11.3 Å². The molecular weight excluding hydrogens is 256 g/mol. The van der Waals surface area contributed by atoms with E-state index in [2.05, 4.69) is 11.9 Å². The Balaban J connectivity index is 2.96. The molecule has 15 heavy (non-hydrogen) atoms. The summed E-state index contributed by atoms with van der Waals surface area (Å²) in [5, 5.41) is 3.36. The van der Waals surface area contributed by atoms with E-state index in [0.717, 1.165) is 0 Å². The van der Waals surface area contributed by atoms with Gasteiger partial charge in [-0.1, -0.05) is 35.8 Å². The first-order chi connectivity index (χ1) is 7.06. The van der Waals surface area contributed by atoms with Crippen LogP contribution in [0.1, 0.15) is 5.56 Å². The molecule has 0 aliphatic rings. The average molecular weight is 265 g/mol. The summed E-state index contributed by atoms with van der Waals surface area (Å²) >= 11 is 17.2. The first-order valence-electron chi connectivity index (χ1n) is 4.05. The number of alkyl halides is 1. The van der Waals surface area contributed by atoms with Gasteiger partial charge in [0.1, 0.15) is 5.88 Å². The second kappa shape index (κ2) is 5.40. The van der Waals surface area contributed by atoms with E-state index in [1.807, 2.05) is 0 Å². The van der Waals surface area contributed by atoms with Crippen molar-refractivity contribution >= 4 is 46.4 Å². The maximum Gasteiger partial charge on any atom is 0.239 e. The molecule has 1 amide bonds. The van der Waals surface area contributed by atoms with Gasteiger partial charge in [0.05, 0.1) is 10.0 Å². The Morgan fingerprint density at radius 2 is 1.87 bits per heavy atom. The predicted octanol–water partition coefficient (Wildman–Crippen LogP) is 3.32. The molecule has 0 unspecified atom stereocenters. The monoisotopic (exact) mass is 263 g/mol. The van der Waals surface area contributed by atoms with E-state index >= 15 is 0 Å². The summed E-state index contributed by atoms with van der Waals surface area (Å²) in [5.74, 6) is -0.487. The number of benzene rings is 1. The molecular formula is C10H8Cl3NO. The number of amides is 1. The standard InChI is InChI=1S/C10H8Cl3NO/c1-6(14-9(15)5-11)10-7(12)3-2-4-8(10)13/h2-4H,1,5H2,(H,14,15). The van der Waals surface area contributed by atoms with Crippen molar-refractivity contribution in [2.75, 3.05) is 5.88 Å². The molecule has 0 heterocycles. The molecule has 5 heteroatoms. The minimum absolute atomic E-state index is 0.138. The molecule has 0 bridgehead atoms. The third kappa shape index (κ3) is 3.13. The van der Waals surface area contributed by atoms with E-state index < -0.39 is 0 Å². The number of carbonyl (C=O) groups is 1. The minimum Gasteiger partial charge on any atom is -0.325 e. The summed E-state index contributed by atoms with van der Waals surface area (Å²) < 4.78 is 0. The van der Waals surface area contributed by atoms with Gasteiger partial charge in [-0.25, -0.2) is 0 Å². The van der Waals surface area contributed by atoms with Crippen LogP contribution in [0.2, 0.25) is 10.0 Å². The van der Waals surface area contributed by atoms with Gasteiger partial charge in [-0.05, 0) is 12.1 Å². The molecule has 0 saturated heterocycles. The van der Waals surface area contributed by atoms with Crippen molar-refractivity contribution in [3.05, 3.63) is 40.4 Å². The maximum absolute atomic E-state index is 11.0. The fourth-order valence-electron chi connectivity index (χ4n) is 1.05. The maximum atomic E-state index is 11.0. The molecule has 80 valence electrons. The molecule has 0 radical (unpaired) electrons. The second-order valence-electron chi connectivity index (χ2n) is 2.76. The third-order valence-corrected chi connectivity index (χ3v) is 2.55. The summed E-state index contributed by atoms with van der Waals surface area (Å²) in [6, 6.07) is 5.05. The molecule has 0 spiro atoms. The fraction of sp³-hybridized carbons (Fsp3) is 0.100. The molecule has 0 atom stereocenters. The smallest absolute Gasteiger partial charge is 0.239 e. The van der Waals surface area contributed by atoms with Crippen LogP contribution in [0.4, 0.5) is 0 Å². The third-order valence-electron chi connectivity index (χ3n) is 1.68. The topological polar surface area (TPSA) is 29.1 Å². The van der Waals surface area contributed by atoms with Crippen LogP contribution in [-0.2, 0) is 4.79 Å². The van der Waals surface area contributed by atoms with Crippen molar-refractivity contribution in [3.8, 4) is 0 Å². The minimum atomic E-state index is -0.349. The number of carbonyl (C=O) groups excluding carboxylic acids is 1. The van der Waals surface area contributed by atoms with E-state index in [9.17, 15) is 4.79 Å². The first-order valence-corrected chi connectivity index (χ1v) is 5.34. The highest BCUT2D eigenvalue weighted by Gasteiger charge is 2.10. The second-order valence-corrected chi connectivity index (χ2v) is 3.84. The quantitative estimate of drug-likeness (QED) is 0.834. The SMILES string of the molecule is C=C(NC(=O)CCl)c1c(Cl)cccc1Cl. The van der Waals surface area contributed by atoms with Gasteiger partial charge in [-0.15, -0.1) is 11.6 Å². The molecule has 1 N–H and O–H groups in total. The summed E-state index contributed by atoms with van der Waals surface area (Å²) in [6.07, 6.45) is 0. The van der Waals surface area contributed by atoms with E-state index in [-0.39, 0.29) is 11.8 Å². The predicted molar refractivity (Wildman–Crippen MR) is 64.4 cm³/mol. The van der Waals surface area contributed by atoms with Crippen LogP contribution in [0.25, 0.3) is 5.70 Å². The Morgan fingerprint density at radius 1 is 1.33 bits per heavy atom. The lowest BCUT2D eigenvalue weighted by Gasteiger charge is -2.10. The summed E-state index contributed by atoms with van der Waals surface area (Å²) in [5.41, 5.74) is 0.857. The van der Waals surface area contributed by atoms with Crippen molar-refractivity contribution in [1.29, 1.82) is 0 Å². The highest BCUT2D eigenvalue weighted by atomic mass is 35.5. The molecule has 1 rings (SSSR count). The van der Waals surface area contributed by atoms with Gasteiger partial charge < -0.3 is 5.32 Å². The number of nitrogens with one attached hydrogen (secondary N) is 1. The van der Waals surface area contributed by atoms with Crippen LogP contribution in [-0.4, -0.2) is 11.8 Å². The lowest BCUT2D eigenvalue weighted by Crippen LogP contribution is -2.22. The van der Waals surface area contributed by atoms with Gasteiger partial charge in [0.25, 0.3) is 0 Å². The Hall–Kier alpha value is -0.700. The molecule has 0 aliphatic carbocycles. The lowest BCUT2D eigenvalue weighted by molar-refractivity contribution is -0.117. The summed E-state index contributed by atoms with van der Waals surface area (Å²) in [7, 11) is 0. The van der Waals surface area contributed by atoms with Gasteiger partial charge in [0.15, 0.2) is 0 Å². The van der Waals surface area contributed by atoms with Crippen LogP contribution in [0.3, 0.4) is 0 Å². The summed E-state index contributed by atoms with van der Waals surface area (Å²) in [6.45, 7) is 3.68. The van der Waals surface area contributed by atoms with E-state index in [1.165, 1.54) is 0 Å². The molecule has 0 aromatic heterocycles. The molecule has 1 aromatic rings. The Kier molecular flexibility index (Phi) is 4.45. The molecule has 0 aliphatic heterocycles. The highest BCUT2D eigenvalue weighted by Crippen LogP contribution is 2.28. The molecule has 0 fully saturated rings. The van der Waals surface area contributed by atoms with Crippen LogP contribution in [0, 0.1) is 0 Å². The van der Waals surface area contributed by atoms with E-state index in [0.29, 0.717) is 21.3 Å². The van der Waals surface area contributed by atoms with Crippen molar-refractivity contribution in [1.82, 2.24) is 5.32 Å². The normalized spacial score (nSPS) is 9.80. The number of hydrogen-bond acceptors (Lipinski definition) is 1. The van der Waals surface area contributed by atoms with E-state index in [4.69, 9.17) is 34.8 Å². The Morgan fingerprint density at radius 3 is 2.33 bits per heavy atom. The lowest BCUT2D eigenvalue weighted by atomic mass is 10.1. The van der Waals surface area contributed by atoms with Gasteiger partial charge >= 0.3 is 0 Å². The number of hydrogen-bond donors (Lipinski definition) is 1. The van der Waals surface area contributed by atoms with Crippen LogP contribution >= 0.6 is 34.8 Å². The van der Waals surface area contributed by atoms with Crippen molar-refractivity contribution in [2.24, 2.45) is 0 Å². The van der Waals surface area contributed by atoms with Gasteiger partial charge in [-0.2, -0.15) is 0 Å². The van der Waals surface area contributed by atoms with Crippen molar-refractivity contribution < 1.29 is 4.79 Å². The molecule has 2 nitrogen and oxygen atoms in total. The zero-order valence-corrected chi connectivity index (χ0v) is 9.96. The van der Waals surface area contributed by atoms with Crippen LogP contribution in [0.15, 0.2) is 24.8 Å². The molecule has 1 aromatic carbocycles. The zero-order chi connectivity index (χ0) is 11.4. The molecule has 0 saturated carbocycles. The van der Waals surface area contributed by atoms with Crippen LogP contribution in [0.5, 0.6) is 0 Å². The first kappa shape index (κ1) is 12.4. The Labute approximate surface area is 103 Å². The number of halogens is 3. The van der Waals surface area contributed by atoms with Gasteiger partial charge in [0.2, 0.25) is 5.91 Å². The zero-order valence-electron chi connectivity index (χ0n) is 7.69.